The number of benzene rings is 1. The van der Waals surface area contributed by atoms with E-state index in [4.69, 9.17) is 9.97 Å². The second-order valence-electron chi connectivity index (χ2n) is 9.38. The molecule has 2 aliphatic rings. The van der Waals surface area contributed by atoms with E-state index in [0.29, 0.717) is 18.7 Å². The van der Waals surface area contributed by atoms with Crippen LogP contribution in [0.2, 0.25) is 0 Å². The number of rotatable bonds is 3. The predicted octanol–water partition coefficient (Wildman–Crippen LogP) is 5.04. The van der Waals surface area contributed by atoms with Crippen LogP contribution in [0.5, 0.6) is 0 Å². The summed E-state index contributed by atoms with van der Waals surface area (Å²) in [5, 5.41) is 1.24. The summed E-state index contributed by atoms with van der Waals surface area (Å²) in [6.45, 7) is 9.33. The Labute approximate surface area is 192 Å². The third kappa shape index (κ3) is 3.87. The molecule has 0 N–H and O–H groups in total. The molecule has 5 rings (SSSR count). The molecule has 0 saturated carbocycles. The number of anilines is 1. The van der Waals surface area contributed by atoms with E-state index in [1.165, 1.54) is 34.4 Å². The average molecular weight is 453 g/mol. The highest BCUT2D eigenvalue weighted by molar-refractivity contribution is 7.19. The zero-order valence-corrected chi connectivity index (χ0v) is 19.7. The van der Waals surface area contributed by atoms with E-state index in [9.17, 15) is 9.18 Å². The van der Waals surface area contributed by atoms with Crippen molar-refractivity contribution in [2.45, 2.75) is 46.0 Å². The monoisotopic (exact) mass is 452 g/mol. The molecule has 1 aromatic carbocycles. The Hall–Kier alpha value is -2.54. The van der Waals surface area contributed by atoms with E-state index in [-0.39, 0.29) is 17.6 Å². The standard InChI is InChI=1S/C25H29FN4OS/c1-15(2)22-27-23(21-19-9-4-16(3)14-20(19)32-24(21)28-22)29-10-12-30(13-11-29)25(31)17-5-7-18(26)8-6-17/h5-8,15-16H,4,9-14H2,1-3H3/t16-/m1/s1. The van der Waals surface area contributed by atoms with Crippen molar-refractivity contribution >= 4 is 33.3 Å². The maximum atomic E-state index is 13.2. The largest absolute Gasteiger partial charge is 0.352 e. The van der Waals surface area contributed by atoms with Gasteiger partial charge in [0, 0.05) is 42.5 Å². The lowest BCUT2D eigenvalue weighted by molar-refractivity contribution is 0.0746. The summed E-state index contributed by atoms with van der Waals surface area (Å²) in [6, 6.07) is 5.81. The zero-order valence-electron chi connectivity index (χ0n) is 18.9. The Kier molecular flexibility index (Phi) is 5.61. The summed E-state index contributed by atoms with van der Waals surface area (Å²) < 4.78 is 13.2. The Morgan fingerprint density at radius 2 is 1.84 bits per heavy atom. The van der Waals surface area contributed by atoms with E-state index in [1.807, 2.05) is 16.2 Å². The molecule has 3 aromatic rings. The van der Waals surface area contributed by atoms with Gasteiger partial charge in [0.05, 0.1) is 5.39 Å². The number of nitrogens with zero attached hydrogens (tertiary/aromatic N) is 4. The molecule has 7 heteroatoms. The van der Waals surface area contributed by atoms with Gasteiger partial charge in [-0.3, -0.25) is 4.79 Å². The van der Waals surface area contributed by atoms with Crippen molar-refractivity contribution in [3.05, 3.63) is 51.9 Å². The highest BCUT2D eigenvalue weighted by Gasteiger charge is 2.29. The molecule has 32 heavy (non-hydrogen) atoms. The van der Waals surface area contributed by atoms with E-state index in [0.717, 1.165) is 48.3 Å². The van der Waals surface area contributed by atoms with Crippen LogP contribution in [0, 0.1) is 11.7 Å². The molecule has 0 radical (unpaired) electrons. The lowest BCUT2D eigenvalue weighted by Gasteiger charge is -2.36. The summed E-state index contributed by atoms with van der Waals surface area (Å²) in [7, 11) is 0. The minimum atomic E-state index is -0.325. The zero-order chi connectivity index (χ0) is 22.4. The van der Waals surface area contributed by atoms with Crippen molar-refractivity contribution in [1.82, 2.24) is 14.9 Å². The molecular weight excluding hydrogens is 423 g/mol. The van der Waals surface area contributed by atoms with Crippen molar-refractivity contribution < 1.29 is 9.18 Å². The van der Waals surface area contributed by atoms with Gasteiger partial charge < -0.3 is 9.80 Å². The normalized spacial score (nSPS) is 19.0. The highest BCUT2D eigenvalue weighted by atomic mass is 32.1. The fraction of sp³-hybridized carbons (Fsp3) is 0.480. The second kappa shape index (κ2) is 8.43. The molecule has 0 unspecified atom stereocenters. The van der Waals surface area contributed by atoms with Crippen molar-refractivity contribution in [1.29, 1.82) is 0 Å². The fourth-order valence-corrected chi connectivity index (χ4v) is 6.11. The smallest absolute Gasteiger partial charge is 0.253 e. The fourth-order valence-electron chi connectivity index (χ4n) is 4.72. The summed E-state index contributed by atoms with van der Waals surface area (Å²) in [5.74, 6) is 2.55. The van der Waals surface area contributed by atoms with Gasteiger partial charge in [-0.05, 0) is 55.0 Å². The molecule has 5 nitrogen and oxygen atoms in total. The van der Waals surface area contributed by atoms with Crippen LogP contribution >= 0.6 is 11.3 Å². The van der Waals surface area contributed by atoms with Crippen LogP contribution in [0.4, 0.5) is 10.2 Å². The van der Waals surface area contributed by atoms with E-state index >= 15 is 0 Å². The topological polar surface area (TPSA) is 49.3 Å². The molecule has 0 spiro atoms. The van der Waals surface area contributed by atoms with Crippen LogP contribution in [0.3, 0.4) is 0 Å². The second-order valence-corrected chi connectivity index (χ2v) is 10.5. The van der Waals surface area contributed by atoms with Crippen LogP contribution in [-0.4, -0.2) is 47.0 Å². The van der Waals surface area contributed by atoms with Crippen LogP contribution < -0.4 is 4.90 Å². The maximum absolute atomic E-state index is 13.2. The average Bonchev–Trinajstić information content (AvgIpc) is 3.16. The molecule has 1 fully saturated rings. The quantitative estimate of drug-likeness (QED) is 0.559. The van der Waals surface area contributed by atoms with Crippen LogP contribution in [0.25, 0.3) is 10.2 Å². The maximum Gasteiger partial charge on any atom is 0.253 e. The van der Waals surface area contributed by atoms with Gasteiger partial charge in [0.15, 0.2) is 0 Å². The third-order valence-corrected chi connectivity index (χ3v) is 7.78. The Morgan fingerprint density at radius 3 is 2.53 bits per heavy atom. The first-order valence-electron chi connectivity index (χ1n) is 11.5. The van der Waals surface area contributed by atoms with E-state index in [1.54, 1.807) is 12.1 Å². The minimum absolute atomic E-state index is 0.0396. The molecule has 1 aliphatic carbocycles. The van der Waals surface area contributed by atoms with Gasteiger partial charge >= 0.3 is 0 Å². The first-order valence-corrected chi connectivity index (χ1v) is 12.3. The highest BCUT2D eigenvalue weighted by Crippen LogP contribution is 2.41. The molecule has 2 aromatic heterocycles. The van der Waals surface area contributed by atoms with Crippen molar-refractivity contribution in [3.8, 4) is 0 Å². The first-order chi connectivity index (χ1) is 15.4. The number of piperazine rings is 1. The van der Waals surface area contributed by atoms with E-state index < -0.39 is 0 Å². The number of aryl methyl sites for hydroxylation is 1. The molecule has 1 atom stereocenters. The summed E-state index contributed by atoms with van der Waals surface area (Å²) in [5.41, 5.74) is 1.98. The van der Waals surface area contributed by atoms with Crippen molar-refractivity contribution in [3.63, 3.8) is 0 Å². The van der Waals surface area contributed by atoms with Gasteiger partial charge in [-0.15, -0.1) is 11.3 Å². The lowest BCUT2D eigenvalue weighted by atomic mass is 9.89. The number of carbonyl (C=O) groups is 1. The number of fused-ring (bicyclic) bond motifs is 3. The number of carbonyl (C=O) groups excluding carboxylic acids is 1. The van der Waals surface area contributed by atoms with Crippen molar-refractivity contribution in [2.24, 2.45) is 5.92 Å². The summed E-state index contributed by atoms with van der Waals surface area (Å²) >= 11 is 1.84. The molecule has 168 valence electrons. The van der Waals surface area contributed by atoms with Gasteiger partial charge in [0.2, 0.25) is 0 Å². The van der Waals surface area contributed by atoms with Crippen LogP contribution in [-0.2, 0) is 12.8 Å². The number of thiophene rings is 1. The van der Waals surface area contributed by atoms with Gasteiger partial charge in [0.25, 0.3) is 5.91 Å². The number of aromatic nitrogens is 2. The Morgan fingerprint density at radius 1 is 1.12 bits per heavy atom. The number of halogens is 1. The minimum Gasteiger partial charge on any atom is -0.352 e. The lowest BCUT2D eigenvalue weighted by Crippen LogP contribution is -2.49. The van der Waals surface area contributed by atoms with Crippen LogP contribution in [0.1, 0.15) is 59.7 Å². The van der Waals surface area contributed by atoms with Gasteiger partial charge in [-0.2, -0.15) is 0 Å². The third-order valence-electron chi connectivity index (χ3n) is 6.63. The SMILES string of the molecule is CC(C)c1nc(N2CCN(C(=O)c3ccc(F)cc3)CC2)c2c3c(sc2n1)C[C@H](C)CC3. The number of hydrogen-bond donors (Lipinski definition) is 0. The number of amides is 1. The van der Waals surface area contributed by atoms with Gasteiger partial charge in [-0.25, -0.2) is 14.4 Å². The molecule has 3 heterocycles. The van der Waals surface area contributed by atoms with Crippen LogP contribution in [0.15, 0.2) is 24.3 Å². The summed E-state index contributed by atoms with van der Waals surface area (Å²) in [4.78, 5) is 29.6. The Bertz CT molecular complexity index is 1150. The molecule has 0 bridgehead atoms. The molecule has 1 amide bonds. The summed E-state index contributed by atoms with van der Waals surface area (Å²) in [6.07, 6.45) is 3.44. The molecule has 1 saturated heterocycles. The first kappa shape index (κ1) is 21.3. The van der Waals surface area contributed by atoms with Crippen molar-refractivity contribution in [2.75, 3.05) is 31.1 Å². The van der Waals surface area contributed by atoms with Gasteiger partial charge in [0.1, 0.15) is 22.3 Å². The molecule has 1 aliphatic heterocycles. The predicted molar refractivity (Wildman–Crippen MR) is 127 cm³/mol. The van der Waals surface area contributed by atoms with Gasteiger partial charge in [-0.1, -0.05) is 20.8 Å². The Balaban J connectivity index is 1.43. The number of hydrogen-bond acceptors (Lipinski definition) is 5. The van der Waals surface area contributed by atoms with E-state index in [2.05, 4.69) is 25.7 Å². The molecular formula is C25H29FN4OS.